The van der Waals surface area contributed by atoms with Crippen LogP contribution < -0.4 is 5.73 Å². The molecule has 1 saturated heterocycles. The normalized spacial score (nSPS) is 43.9. The average molecular weight is 199 g/mol. The third-order valence-electron chi connectivity index (χ3n) is 3.82. The molecular weight excluding hydrogens is 178 g/mol. The predicted molar refractivity (Wildman–Crippen MR) is 54.7 cm³/mol. The van der Waals surface area contributed by atoms with Crippen LogP contribution in [0.1, 0.15) is 27.7 Å². The zero-order chi connectivity index (χ0) is 10.6. The summed E-state index contributed by atoms with van der Waals surface area (Å²) in [6.45, 7) is 9.96. The Kier molecular flexibility index (Phi) is 2.18. The highest BCUT2D eigenvalue weighted by Crippen LogP contribution is 2.61. The quantitative estimate of drug-likeness (QED) is 0.730. The maximum atomic E-state index is 5.86. The molecule has 3 heteroatoms. The van der Waals surface area contributed by atoms with Gasteiger partial charge in [-0.3, -0.25) is 0 Å². The lowest BCUT2D eigenvalue weighted by Crippen LogP contribution is -2.23. The molecule has 0 radical (unpaired) electrons. The Bertz CT molecular complexity index is 237. The second-order valence-electron chi connectivity index (χ2n) is 5.56. The van der Waals surface area contributed by atoms with E-state index in [-0.39, 0.29) is 6.10 Å². The fraction of sp³-hybridized carbons (Fsp3) is 1.00. The van der Waals surface area contributed by atoms with Crippen molar-refractivity contribution in [3.05, 3.63) is 0 Å². The molecule has 3 atom stereocenters. The molecule has 1 saturated carbocycles. The largest absolute Gasteiger partial charge is 0.348 e. The molecule has 0 bridgehead atoms. The smallest absolute Gasteiger partial charge is 0.163 e. The lowest BCUT2D eigenvalue weighted by molar-refractivity contribution is -0.141. The predicted octanol–water partition coefficient (Wildman–Crippen LogP) is 1.37. The van der Waals surface area contributed by atoms with Crippen molar-refractivity contribution in [3.8, 4) is 0 Å². The molecule has 2 rings (SSSR count). The molecule has 0 aromatic rings. The molecule has 2 aliphatic rings. The van der Waals surface area contributed by atoms with Gasteiger partial charge in [0.1, 0.15) is 0 Å². The van der Waals surface area contributed by atoms with Crippen LogP contribution in [0.2, 0.25) is 0 Å². The monoisotopic (exact) mass is 199 g/mol. The summed E-state index contributed by atoms with van der Waals surface area (Å²) < 4.78 is 11.4. The molecule has 1 unspecified atom stereocenters. The van der Waals surface area contributed by atoms with Gasteiger partial charge >= 0.3 is 0 Å². The van der Waals surface area contributed by atoms with Crippen LogP contribution in [-0.2, 0) is 9.47 Å². The lowest BCUT2D eigenvalue weighted by Gasteiger charge is -2.17. The first-order valence-corrected chi connectivity index (χ1v) is 5.40. The summed E-state index contributed by atoms with van der Waals surface area (Å²) >= 11 is 0. The molecule has 0 amide bonds. The van der Waals surface area contributed by atoms with E-state index in [9.17, 15) is 0 Å². The van der Waals surface area contributed by atoms with Crippen LogP contribution in [0.25, 0.3) is 0 Å². The Hall–Kier alpha value is -0.120. The minimum Gasteiger partial charge on any atom is -0.348 e. The Morgan fingerprint density at radius 1 is 1.29 bits per heavy atom. The first kappa shape index (κ1) is 10.4. The number of hydrogen-bond acceptors (Lipinski definition) is 3. The third kappa shape index (κ3) is 1.47. The van der Waals surface area contributed by atoms with Crippen LogP contribution in [-0.4, -0.2) is 25.0 Å². The summed E-state index contributed by atoms with van der Waals surface area (Å²) in [5.74, 6) is 0.780. The summed E-state index contributed by atoms with van der Waals surface area (Å²) in [5, 5.41) is 0. The maximum Gasteiger partial charge on any atom is 0.163 e. The van der Waals surface area contributed by atoms with E-state index >= 15 is 0 Å². The Morgan fingerprint density at radius 2 is 1.93 bits per heavy atom. The number of hydrogen-bond donors (Lipinski definition) is 1. The van der Waals surface area contributed by atoms with E-state index in [2.05, 4.69) is 13.8 Å². The molecular formula is C11H21NO2. The van der Waals surface area contributed by atoms with Gasteiger partial charge in [0.25, 0.3) is 0 Å². The van der Waals surface area contributed by atoms with Crippen molar-refractivity contribution in [1.82, 2.24) is 0 Å². The van der Waals surface area contributed by atoms with Gasteiger partial charge in [-0.2, -0.15) is 0 Å². The van der Waals surface area contributed by atoms with E-state index in [1.54, 1.807) is 0 Å². The van der Waals surface area contributed by atoms with Gasteiger partial charge in [0.15, 0.2) is 5.79 Å². The van der Waals surface area contributed by atoms with Crippen LogP contribution >= 0.6 is 0 Å². The summed E-state index contributed by atoms with van der Waals surface area (Å²) in [5.41, 5.74) is 6.08. The molecule has 0 aromatic heterocycles. The van der Waals surface area contributed by atoms with Crippen LogP contribution in [0, 0.1) is 17.3 Å². The van der Waals surface area contributed by atoms with Crippen LogP contribution in [0.5, 0.6) is 0 Å². The zero-order valence-electron chi connectivity index (χ0n) is 9.54. The van der Waals surface area contributed by atoms with Crippen molar-refractivity contribution in [2.24, 2.45) is 23.0 Å². The molecule has 1 heterocycles. The van der Waals surface area contributed by atoms with Gasteiger partial charge in [0.05, 0.1) is 12.7 Å². The second-order valence-corrected chi connectivity index (χ2v) is 5.56. The maximum absolute atomic E-state index is 5.86. The fourth-order valence-electron chi connectivity index (χ4n) is 2.87. The molecule has 2 fully saturated rings. The number of ether oxygens (including phenoxy) is 2. The number of rotatable bonds is 2. The van der Waals surface area contributed by atoms with Crippen molar-refractivity contribution in [3.63, 3.8) is 0 Å². The average Bonchev–Trinajstić information content (AvgIpc) is 2.41. The topological polar surface area (TPSA) is 44.5 Å². The highest BCUT2D eigenvalue weighted by Gasteiger charge is 2.62. The van der Waals surface area contributed by atoms with E-state index < -0.39 is 5.79 Å². The summed E-state index contributed by atoms with van der Waals surface area (Å²) in [4.78, 5) is 0. The van der Waals surface area contributed by atoms with Gasteiger partial charge in [-0.25, -0.2) is 0 Å². The summed E-state index contributed by atoms with van der Waals surface area (Å²) in [6.07, 6.45) is 0.244. The van der Waals surface area contributed by atoms with Gasteiger partial charge in [-0.1, -0.05) is 13.8 Å². The van der Waals surface area contributed by atoms with E-state index in [1.807, 2.05) is 13.8 Å². The van der Waals surface area contributed by atoms with E-state index in [0.29, 0.717) is 17.3 Å². The Balaban J connectivity index is 2.00. The van der Waals surface area contributed by atoms with Gasteiger partial charge in [-0.15, -0.1) is 0 Å². The van der Waals surface area contributed by atoms with E-state index in [0.717, 1.165) is 13.2 Å². The molecule has 0 aromatic carbocycles. The SMILES string of the molecule is CC1(C)OCC([C@H]2[C@H](CN)C2(C)C)O1. The molecule has 1 aliphatic heterocycles. The fourth-order valence-corrected chi connectivity index (χ4v) is 2.87. The zero-order valence-corrected chi connectivity index (χ0v) is 9.54. The van der Waals surface area contributed by atoms with Crippen LogP contribution in [0.4, 0.5) is 0 Å². The summed E-state index contributed by atoms with van der Waals surface area (Å²) in [6, 6.07) is 0. The van der Waals surface area contributed by atoms with Crippen molar-refractivity contribution in [1.29, 1.82) is 0 Å². The lowest BCUT2D eigenvalue weighted by atomic mass is 10.1. The van der Waals surface area contributed by atoms with Crippen molar-refractivity contribution in [2.45, 2.75) is 39.6 Å². The highest BCUT2D eigenvalue weighted by atomic mass is 16.7. The molecule has 82 valence electrons. The number of nitrogens with two attached hydrogens (primary N) is 1. The summed E-state index contributed by atoms with van der Waals surface area (Å²) in [7, 11) is 0. The van der Waals surface area contributed by atoms with Gasteiger partial charge in [-0.05, 0) is 37.6 Å². The van der Waals surface area contributed by atoms with Crippen LogP contribution in [0.3, 0.4) is 0 Å². The van der Waals surface area contributed by atoms with Crippen molar-refractivity contribution >= 4 is 0 Å². The minimum absolute atomic E-state index is 0.244. The minimum atomic E-state index is -0.400. The highest BCUT2D eigenvalue weighted by molar-refractivity contribution is 5.09. The first-order chi connectivity index (χ1) is 6.38. The van der Waals surface area contributed by atoms with E-state index in [1.165, 1.54) is 0 Å². The van der Waals surface area contributed by atoms with Crippen molar-refractivity contribution in [2.75, 3.05) is 13.2 Å². The molecule has 1 aliphatic carbocycles. The second kappa shape index (κ2) is 2.94. The molecule has 3 nitrogen and oxygen atoms in total. The molecule has 14 heavy (non-hydrogen) atoms. The Labute approximate surface area is 85.9 Å². The van der Waals surface area contributed by atoms with Crippen molar-refractivity contribution < 1.29 is 9.47 Å². The van der Waals surface area contributed by atoms with Gasteiger partial charge < -0.3 is 15.2 Å². The molecule has 0 spiro atoms. The van der Waals surface area contributed by atoms with Crippen LogP contribution in [0.15, 0.2) is 0 Å². The molecule has 2 N–H and O–H groups in total. The van der Waals surface area contributed by atoms with Gasteiger partial charge in [0, 0.05) is 0 Å². The Morgan fingerprint density at radius 3 is 2.29 bits per heavy atom. The van der Waals surface area contributed by atoms with E-state index in [4.69, 9.17) is 15.2 Å². The third-order valence-corrected chi connectivity index (χ3v) is 3.82. The first-order valence-electron chi connectivity index (χ1n) is 5.40. The standard InChI is InChI=1S/C11H21NO2/c1-10(2)7(5-12)9(10)8-6-13-11(3,4)14-8/h7-9H,5-6,12H2,1-4H3/t7-,8?,9+/m0/s1. The van der Waals surface area contributed by atoms with Gasteiger partial charge in [0.2, 0.25) is 0 Å².